The normalized spacial score (nSPS) is 12.5. The largest absolute Gasteiger partial charge is 0.506 e. The summed E-state index contributed by atoms with van der Waals surface area (Å²) in [7, 11) is -1.11. The lowest BCUT2D eigenvalue weighted by molar-refractivity contribution is -0.126. The Balaban J connectivity index is 2.31. The number of sulfonamides is 1. The molecule has 2 aromatic rings. The molecule has 0 bridgehead atoms. The summed E-state index contributed by atoms with van der Waals surface area (Å²) >= 11 is 0. The van der Waals surface area contributed by atoms with Crippen molar-refractivity contribution in [3.05, 3.63) is 42.5 Å². The van der Waals surface area contributed by atoms with Crippen molar-refractivity contribution in [2.24, 2.45) is 10.2 Å². The van der Waals surface area contributed by atoms with E-state index >= 15 is 0 Å². The summed E-state index contributed by atoms with van der Waals surface area (Å²) in [5.41, 5.74) is 0.129. The van der Waals surface area contributed by atoms with Gasteiger partial charge in [0.25, 0.3) is 5.91 Å². The first-order valence-electron chi connectivity index (χ1n) is 8.31. The Morgan fingerprint density at radius 3 is 2.48 bits per heavy atom. The Labute approximate surface area is 167 Å². The molecule has 0 aliphatic rings. The Morgan fingerprint density at radius 2 is 1.86 bits per heavy atom. The molecule has 0 heterocycles. The fourth-order valence-electron chi connectivity index (χ4n) is 2.26. The molecule has 0 aromatic heterocycles. The van der Waals surface area contributed by atoms with Crippen molar-refractivity contribution in [2.45, 2.75) is 17.9 Å². The molecule has 1 amide bonds. The Kier molecular flexibility index (Phi) is 7.02. The highest BCUT2D eigenvalue weighted by Crippen LogP contribution is 2.30. The summed E-state index contributed by atoms with van der Waals surface area (Å²) in [4.78, 5) is 24.2. The van der Waals surface area contributed by atoms with Gasteiger partial charge in [-0.05, 0) is 44.3 Å². The van der Waals surface area contributed by atoms with E-state index in [1.54, 1.807) is 24.3 Å². The maximum atomic E-state index is 12.5. The monoisotopic (exact) mass is 420 g/mol. The van der Waals surface area contributed by atoms with Crippen LogP contribution in [-0.4, -0.2) is 45.4 Å². The summed E-state index contributed by atoms with van der Waals surface area (Å²) in [6, 6.07) is 8.46. The van der Waals surface area contributed by atoms with Crippen molar-refractivity contribution in [2.75, 3.05) is 19.5 Å². The molecule has 29 heavy (non-hydrogen) atoms. The number of methoxy groups -OCH3 is 1. The number of nitrogens with zero attached hydrogens (tertiary/aromatic N) is 2. The summed E-state index contributed by atoms with van der Waals surface area (Å²) in [6.45, 7) is 1.16. The summed E-state index contributed by atoms with van der Waals surface area (Å²) < 4.78 is 31.0. The fraction of sp³-hybridized carbons (Fsp3) is 0.222. The highest BCUT2D eigenvalue weighted by Gasteiger charge is 2.24. The van der Waals surface area contributed by atoms with Crippen LogP contribution in [0.15, 0.2) is 57.6 Å². The van der Waals surface area contributed by atoms with Crippen molar-refractivity contribution in [3.8, 4) is 11.5 Å². The number of aromatic hydroxyl groups is 1. The topological polar surface area (TPSA) is 147 Å². The van der Waals surface area contributed by atoms with Gasteiger partial charge in [-0.15, -0.1) is 0 Å². The van der Waals surface area contributed by atoms with Crippen molar-refractivity contribution in [3.63, 3.8) is 0 Å². The number of nitrogens with one attached hydrogen (secondary N) is 2. The zero-order valence-corrected chi connectivity index (χ0v) is 16.7. The van der Waals surface area contributed by atoms with Gasteiger partial charge in [-0.1, -0.05) is 12.1 Å². The van der Waals surface area contributed by atoms with E-state index in [1.165, 1.54) is 20.2 Å². The molecule has 10 nitrogen and oxygen atoms in total. The van der Waals surface area contributed by atoms with Gasteiger partial charge in [-0.25, -0.2) is 13.1 Å². The first-order chi connectivity index (χ1) is 13.7. The molecular weight excluding hydrogens is 400 g/mol. The van der Waals surface area contributed by atoms with Crippen LogP contribution >= 0.6 is 0 Å². The maximum absolute atomic E-state index is 12.5. The standard InChI is InChI=1S/C18H20N4O6S/c1-11(23)17(18(25)20-13-6-4-5-7-16(13)28-3)22-21-14-10-12(8-9-15(14)24)29(26,27)19-2/h4-10,17,19,24H,1-3H3,(H,20,25). The number of carbonyl (C=O) groups excluding carboxylic acids is 2. The molecule has 2 aromatic carbocycles. The second kappa shape index (κ2) is 9.26. The van der Waals surface area contributed by atoms with E-state index in [2.05, 4.69) is 20.3 Å². The molecule has 154 valence electrons. The number of phenols is 1. The number of carbonyl (C=O) groups is 2. The van der Waals surface area contributed by atoms with E-state index in [9.17, 15) is 23.1 Å². The van der Waals surface area contributed by atoms with Crippen molar-refractivity contribution in [1.29, 1.82) is 0 Å². The molecule has 1 atom stereocenters. The average molecular weight is 420 g/mol. The van der Waals surface area contributed by atoms with Gasteiger partial charge >= 0.3 is 0 Å². The highest BCUT2D eigenvalue weighted by molar-refractivity contribution is 7.89. The summed E-state index contributed by atoms with van der Waals surface area (Å²) in [5, 5.41) is 19.8. The predicted octanol–water partition coefficient (Wildman–Crippen LogP) is 1.99. The molecular formula is C18H20N4O6S. The van der Waals surface area contributed by atoms with Gasteiger partial charge in [-0.2, -0.15) is 10.2 Å². The van der Waals surface area contributed by atoms with Crippen LogP contribution in [0.25, 0.3) is 0 Å². The second-order valence-corrected chi connectivity index (χ2v) is 7.66. The number of hydrogen-bond acceptors (Lipinski definition) is 8. The fourth-order valence-corrected chi connectivity index (χ4v) is 3.01. The van der Waals surface area contributed by atoms with Gasteiger partial charge in [0, 0.05) is 0 Å². The third kappa shape index (κ3) is 5.36. The van der Waals surface area contributed by atoms with Crippen molar-refractivity contribution >= 4 is 33.1 Å². The van der Waals surface area contributed by atoms with Crippen LogP contribution in [0.5, 0.6) is 11.5 Å². The summed E-state index contributed by atoms with van der Waals surface area (Å²) in [5.74, 6) is -1.33. The first kappa shape index (κ1) is 22.0. The second-order valence-electron chi connectivity index (χ2n) is 5.78. The number of Topliss-reactive ketones (excluding diaryl/α,β-unsaturated/α-hetero) is 1. The van der Waals surface area contributed by atoms with Crippen LogP contribution in [0, 0.1) is 0 Å². The quantitative estimate of drug-likeness (QED) is 0.440. The van der Waals surface area contributed by atoms with E-state index in [-0.39, 0.29) is 16.3 Å². The lowest BCUT2D eigenvalue weighted by Crippen LogP contribution is -2.31. The van der Waals surface area contributed by atoms with Gasteiger partial charge in [0.15, 0.2) is 5.78 Å². The Bertz CT molecular complexity index is 1050. The number of hydrogen-bond donors (Lipinski definition) is 3. The van der Waals surface area contributed by atoms with E-state index in [1.807, 2.05) is 0 Å². The molecule has 0 saturated heterocycles. The van der Waals surface area contributed by atoms with Crippen molar-refractivity contribution < 1.29 is 27.9 Å². The van der Waals surface area contributed by atoms with Crippen molar-refractivity contribution in [1.82, 2.24) is 4.72 Å². The number of para-hydroxylation sites is 2. The van der Waals surface area contributed by atoms with Crippen LogP contribution in [0.1, 0.15) is 6.92 Å². The first-order valence-corrected chi connectivity index (χ1v) is 9.79. The van der Waals surface area contributed by atoms with E-state index < -0.39 is 27.8 Å². The number of ether oxygens (including phenoxy) is 1. The zero-order valence-electron chi connectivity index (χ0n) is 15.9. The zero-order chi connectivity index (χ0) is 21.6. The van der Waals surface area contributed by atoms with E-state index in [0.29, 0.717) is 11.4 Å². The molecule has 0 aliphatic carbocycles. The van der Waals surface area contributed by atoms with Gasteiger partial charge in [0.05, 0.1) is 17.7 Å². The minimum Gasteiger partial charge on any atom is -0.506 e. The number of phenolic OH excluding ortho intramolecular Hbond substituents is 1. The van der Waals surface area contributed by atoms with Crippen LogP contribution in [-0.2, 0) is 19.6 Å². The highest BCUT2D eigenvalue weighted by atomic mass is 32.2. The van der Waals surface area contributed by atoms with Gasteiger partial charge in [0.1, 0.15) is 17.2 Å². The molecule has 0 fully saturated rings. The minimum atomic E-state index is -3.78. The number of rotatable bonds is 8. The number of amides is 1. The molecule has 0 aliphatic heterocycles. The van der Waals surface area contributed by atoms with Gasteiger partial charge < -0.3 is 15.2 Å². The predicted molar refractivity (Wildman–Crippen MR) is 105 cm³/mol. The molecule has 0 radical (unpaired) electrons. The average Bonchev–Trinajstić information content (AvgIpc) is 2.69. The number of benzene rings is 2. The molecule has 1 unspecified atom stereocenters. The minimum absolute atomic E-state index is 0.162. The number of azo groups is 1. The molecule has 3 N–H and O–H groups in total. The van der Waals surface area contributed by atoms with Crippen LogP contribution < -0.4 is 14.8 Å². The third-order valence-corrected chi connectivity index (χ3v) is 5.22. The molecule has 2 rings (SSSR count). The van der Waals surface area contributed by atoms with E-state index in [4.69, 9.17) is 4.74 Å². The SMILES string of the molecule is CNS(=O)(=O)c1ccc(O)c(N=NC(C(C)=O)C(=O)Nc2ccccc2OC)c1. The smallest absolute Gasteiger partial charge is 0.258 e. The van der Waals surface area contributed by atoms with E-state index in [0.717, 1.165) is 19.1 Å². The lowest BCUT2D eigenvalue weighted by atomic mass is 10.2. The summed E-state index contributed by atoms with van der Waals surface area (Å²) in [6.07, 6.45) is 0. The Hall–Kier alpha value is -3.31. The van der Waals surface area contributed by atoms with Gasteiger partial charge in [-0.3, -0.25) is 9.59 Å². The lowest BCUT2D eigenvalue weighted by Gasteiger charge is -2.12. The maximum Gasteiger partial charge on any atom is 0.258 e. The number of ketones is 1. The molecule has 0 saturated carbocycles. The van der Waals surface area contributed by atoms with Crippen LogP contribution in [0.3, 0.4) is 0 Å². The molecule has 11 heteroatoms. The Morgan fingerprint density at radius 1 is 1.17 bits per heavy atom. The third-order valence-electron chi connectivity index (χ3n) is 3.81. The molecule has 0 spiro atoms. The van der Waals surface area contributed by atoms with Crippen LogP contribution in [0.4, 0.5) is 11.4 Å². The van der Waals surface area contributed by atoms with Gasteiger partial charge in [0.2, 0.25) is 16.1 Å². The van der Waals surface area contributed by atoms with Crippen LogP contribution in [0.2, 0.25) is 0 Å². The number of anilines is 1.